The van der Waals surface area contributed by atoms with Gasteiger partial charge in [-0.2, -0.15) is 0 Å². The smallest absolute Gasteiger partial charge is 0.323 e. The fourth-order valence-corrected chi connectivity index (χ4v) is 3.25. The zero-order chi connectivity index (χ0) is 17.1. The predicted octanol–water partition coefficient (Wildman–Crippen LogP) is 3.12. The average Bonchev–Trinajstić information content (AvgIpc) is 2.92. The molecule has 3 rings (SSSR count). The number of benzene rings is 2. The number of nitrogens with zero attached hydrogens (tertiary/aromatic N) is 1. The van der Waals surface area contributed by atoms with E-state index in [0.29, 0.717) is 6.42 Å². The number of fused-ring (bicyclic) bond motifs is 3. The van der Waals surface area contributed by atoms with Crippen molar-refractivity contribution in [3.05, 3.63) is 59.2 Å². The van der Waals surface area contributed by atoms with Gasteiger partial charge >= 0.3 is 5.97 Å². The summed E-state index contributed by atoms with van der Waals surface area (Å²) < 4.78 is 0. The van der Waals surface area contributed by atoms with Crippen LogP contribution in [0.5, 0.6) is 0 Å². The molecule has 0 aromatic heterocycles. The summed E-state index contributed by atoms with van der Waals surface area (Å²) in [6, 6.07) is 15.0. The number of aliphatic carboxylic acids is 1. The molecule has 0 fully saturated rings. The van der Waals surface area contributed by atoms with Gasteiger partial charge in [-0.25, -0.2) is 0 Å². The van der Waals surface area contributed by atoms with E-state index in [1.54, 1.807) is 0 Å². The maximum Gasteiger partial charge on any atom is 0.323 e. The van der Waals surface area contributed by atoms with Crippen LogP contribution in [0, 0.1) is 0 Å². The van der Waals surface area contributed by atoms with Crippen molar-refractivity contribution >= 4 is 11.9 Å². The maximum absolute atomic E-state index is 11.9. The maximum atomic E-state index is 11.9. The zero-order valence-corrected chi connectivity index (χ0v) is 13.8. The molecule has 4 nitrogen and oxygen atoms in total. The molecule has 0 aliphatic heterocycles. The summed E-state index contributed by atoms with van der Waals surface area (Å²) in [7, 11) is 1.53. The van der Waals surface area contributed by atoms with E-state index in [2.05, 4.69) is 42.5 Å². The molecule has 0 atom stereocenters. The van der Waals surface area contributed by atoms with E-state index in [4.69, 9.17) is 5.11 Å². The summed E-state index contributed by atoms with van der Waals surface area (Å²) in [6.45, 7) is -0.242. The Morgan fingerprint density at radius 2 is 1.83 bits per heavy atom. The first kappa shape index (κ1) is 16.2. The number of rotatable bonds is 6. The van der Waals surface area contributed by atoms with Gasteiger partial charge in [-0.1, -0.05) is 42.5 Å². The van der Waals surface area contributed by atoms with Crippen molar-refractivity contribution in [2.75, 3.05) is 13.6 Å². The number of aryl methyl sites for hydroxylation is 1. The zero-order valence-electron chi connectivity index (χ0n) is 13.8. The second-order valence-corrected chi connectivity index (χ2v) is 6.32. The van der Waals surface area contributed by atoms with Crippen molar-refractivity contribution < 1.29 is 14.7 Å². The number of likely N-dealkylation sites (N-methyl/N-ethyl adjacent to an activating group) is 1. The fraction of sp³-hybridized carbons (Fsp3) is 0.300. The molecular formula is C20H21NO3. The summed E-state index contributed by atoms with van der Waals surface area (Å²) >= 11 is 0. The molecule has 0 heterocycles. The molecule has 124 valence electrons. The van der Waals surface area contributed by atoms with E-state index in [9.17, 15) is 9.59 Å². The minimum atomic E-state index is -0.983. The molecule has 1 aliphatic carbocycles. The van der Waals surface area contributed by atoms with Crippen molar-refractivity contribution in [1.82, 2.24) is 4.90 Å². The highest BCUT2D eigenvalue weighted by atomic mass is 16.4. The first-order valence-corrected chi connectivity index (χ1v) is 8.20. The molecule has 2 aromatic rings. The Morgan fingerprint density at radius 1 is 1.08 bits per heavy atom. The molecule has 1 amide bonds. The van der Waals surface area contributed by atoms with E-state index in [1.165, 1.54) is 39.8 Å². The van der Waals surface area contributed by atoms with Gasteiger partial charge in [0.15, 0.2) is 0 Å². The number of carbonyl (C=O) groups excluding carboxylic acids is 1. The second-order valence-electron chi connectivity index (χ2n) is 6.32. The van der Waals surface area contributed by atoms with Crippen LogP contribution in [-0.4, -0.2) is 35.5 Å². The van der Waals surface area contributed by atoms with Crippen LogP contribution < -0.4 is 0 Å². The Kier molecular flexibility index (Phi) is 4.65. The van der Waals surface area contributed by atoms with Gasteiger partial charge in [-0.05, 0) is 47.1 Å². The molecule has 0 bridgehead atoms. The van der Waals surface area contributed by atoms with Gasteiger partial charge in [0, 0.05) is 13.5 Å². The van der Waals surface area contributed by atoms with Gasteiger partial charge in [-0.15, -0.1) is 0 Å². The van der Waals surface area contributed by atoms with Crippen LogP contribution in [0.3, 0.4) is 0 Å². The largest absolute Gasteiger partial charge is 0.480 e. The summed E-state index contributed by atoms with van der Waals surface area (Å²) in [5.74, 6) is -1.10. The Labute approximate surface area is 141 Å². The Hall–Kier alpha value is -2.62. The predicted molar refractivity (Wildman–Crippen MR) is 92.9 cm³/mol. The molecule has 4 heteroatoms. The van der Waals surface area contributed by atoms with E-state index in [0.717, 1.165) is 19.3 Å². The van der Waals surface area contributed by atoms with Gasteiger partial charge in [-0.3, -0.25) is 9.59 Å². The fourth-order valence-electron chi connectivity index (χ4n) is 3.25. The van der Waals surface area contributed by atoms with Crippen LogP contribution in [0.25, 0.3) is 11.1 Å². The molecule has 0 unspecified atom stereocenters. The van der Waals surface area contributed by atoms with Crippen LogP contribution >= 0.6 is 0 Å². The third-order valence-electron chi connectivity index (χ3n) is 4.52. The SMILES string of the molecule is CN(CC(=O)O)C(=O)CCCc1ccc2c(c1)-c1ccccc1C2. The minimum Gasteiger partial charge on any atom is -0.480 e. The topological polar surface area (TPSA) is 57.6 Å². The lowest BCUT2D eigenvalue weighted by Gasteiger charge is -2.14. The number of hydrogen-bond donors (Lipinski definition) is 1. The van der Waals surface area contributed by atoms with Crippen LogP contribution in [0.2, 0.25) is 0 Å². The van der Waals surface area contributed by atoms with Gasteiger partial charge in [0.2, 0.25) is 5.91 Å². The number of amides is 1. The number of carboxylic acids is 1. The number of carbonyl (C=O) groups is 2. The first-order chi connectivity index (χ1) is 11.5. The van der Waals surface area contributed by atoms with Gasteiger partial charge < -0.3 is 10.0 Å². The van der Waals surface area contributed by atoms with Crippen molar-refractivity contribution in [2.45, 2.75) is 25.7 Å². The van der Waals surface area contributed by atoms with Gasteiger partial charge in [0.1, 0.15) is 6.54 Å². The Bertz CT molecular complexity index is 782. The van der Waals surface area contributed by atoms with E-state index >= 15 is 0 Å². The van der Waals surface area contributed by atoms with Crippen molar-refractivity contribution in [3.8, 4) is 11.1 Å². The molecule has 0 saturated carbocycles. The lowest BCUT2D eigenvalue weighted by Crippen LogP contribution is -2.31. The Morgan fingerprint density at radius 3 is 2.62 bits per heavy atom. The Balaban J connectivity index is 1.60. The highest BCUT2D eigenvalue weighted by Crippen LogP contribution is 2.36. The normalized spacial score (nSPS) is 11.7. The number of hydrogen-bond acceptors (Lipinski definition) is 2. The average molecular weight is 323 g/mol. The molecular weight excluding hydrogens is 302 g/mol. The number of carboxylic acid groups (broad SMARTS) is 1. The highest BCUT2D eigenvalue weighted by Gasteiger charge is 2.18. The monoisotopic (exact) mass is 323 g/mol. The minimum absolute atomic E-state index is 0.121. The van der Waals surface area contributed by atoms with Gasteiger partial charge in [0.05, 0.1) is 0 Å². The summed E-state index contributed by atoms with van der Waals surface area (Å²) in [4.78, 5) is 23.8. The van der Waals surface area contributed by atoms with Crippen LogP contribution in [0.4, 0.5) is 0 Å². The van der Waals surface area contributed by atoms with Crippen molar-refractivity contribution in [2.24, 2.45) is 0 Å². The quantitative estimate of drug-likeness (QED) is 0.758. The third-order valence-corrected chi connectivity index (χ3v) is 4.52. The van der Waals surface area contributed by atoms with Crippen LogP contribution in [-0.2, 0) is 22.4 Å². The van der Waals surface area contributed by atoms with E-state index < -0.39 is 5.97 Å². The van der Waals surface area contributed by atoms with Crippen LogP contribution in [0.15, 0.2) is 42.5 Å². The lowest BCUT2D eigenvalue weighted by atomic mass is 10.00. The molecule has 1 N–H and O–H groups in total. The summed E-state index contributed by atoms with van der Waals surface area (Å²) in [5, 5.41) is 8.71. The molecule has 0 radical (unpaired) electrons. The summed E-state index contributed by atoms with van der Waals surface area (Å²) in [5.41, 5.74) is 6.57. The standard InChI is InChI=1S/C20H21NO3/c1-21(13-20(23)24)19(22)8-4-5-14-9-10-16-12-15-6-2-3-7-17(15)18(16)11-14/h2-3,6-7,9-11H,4-5,8,12-13H2,1H3,(H,23,24). The molecule has 0 spiro atoms. The van der Waals surface area contributed by atoms with Gasteiger partial charge in [0.25, 0.3) is 0 Å². The van der Waals surface area contributed by atoms with Crippen LogP contribution in [0.1, 0.15) is 29.5 Å². The second kappa shape index (κ2) is 6.87. The van der Waals surface area contributed by atoms with Crippen molar-refractivity contribution in [1.29, 1.82) is 0 Å². The summed E-state index contributed by atoms with van der Waals surface area (Å²) in [6.07, 6.45) is 2.91. The van der Waals surface area contributed by atoms with E-state index in [1.807, 2.05) is 0 Å². The molecule has 2 aromatic carbocycles. The molecule has 24 heavy (non-hydrogen) atoms. The lowest BCUT2D eigenvalue weighted by molar-refractivity contribution is -0.143. The van der Waals surface area contributed by atoms with Crippen molar-refractivity contribution in [3.63, 3.8) is 0 Å². The van der Waals surface area contributed by atoms with E-state index in [-0.39, 0.29) is 12.5 Å². The first-order valence-electron chi connectivity index (χ1n) is 8.20. The molecule has 0 saturated heterocycles. The third kappa shape index (κ3) is 3.48. The molecule has 1 aliphatic rings. The highest BCUT2D eigenvalue weighted by molar-refractivity contribution is 5.81.